The largest absolute Gasteiger partial charge is 0.282 e. The predicted octanol–water partition coefficient (Wildman–Crippen LogP) is 6.08. The Morgan fingerprint density at radius 2 is 1.40 bits per heavy atom. The minimum atomic E-state index is -0.522. The van der Waals surface area contributed by atoms with E-state index in [4.69, 9.17) is 23.2 Å². The molecule has 0 amide bonds. The zero-order valence-corrected chi connectivity index (χ0v) is 19.4. The Morgan fingerprint density at radius 1 is 0.900 bits per heavy atom. The van der Waals surface area contributed by atoms with Crippen molar-refractivity contribution in [3.63, 3.8) is 0 Å². The van der Waals surface area contributed by atoms with E-state index in [0.717, 1.165) is 0 Å². The molecule has 0 atom stereocenters. The van der Waals surface area contributed by atoms with E-state index in [2.05, 4.69) is 44.0 Å². The Kier molecular flexibility index (Phi) is 13.7. The zero-order chi connectivity index (χ0) is 13.7. The molecule has 0 saturated heterocycles. The first-order chi connectivity index (χ1) is 8.43. The number of hydrogen-bond donors (Lipinski definition) is 0. The zero-order valence-electron chi connectivity index (χ0n) is 9.33. The van der Waals surface area contributed by atoms with Gasteiger partial charge in [-0.1, -0.05) is 40.8 Å². The normalized spacial score (nSPS) is 8.70. The fourth-order valence-corrected chi connectivity index (χ4v) is 1.89. The molecule has 8 heteroatoms. The molecule has 0 N–H and O–H groups in total. The van der Waals surface area contributed by atoms with E-state index in [0.29, 0.717) is 8.95 Å². The van der Waals surface area contributed by atoms with Gasteiger partial charge in [0.2, 0.25) is 0 Å². The van der Waals surface area contributed by atoms with Crippen molar-refractivity contribution in [2.45, 2.75) is 0 Å². The Labute approximate surface area is 170 Å². The Bertz CT molecular complexity index is 467. The summed E-state index contributed by atoms with van der Waals surface area (Å²) < 4.78 is 25.8. The Morgan fingerprint density at radius 3 is 1.80 bits per heavy atom. The van der Waals surface area contributed by atoms with Gasteiger partial charge in [-0.15, -0.1) is 17.7 Å². The second-order valence-electron chi connectivity index (χ2n) is 2.91. The summed E-state index contributed by atoms with van der Waals surface area (Å²) in [5.41, 5.74) is 0. The average Bonchev–Trinajstić information content (AvgIpc) is 2.34. The van der Waals surface area contributed by atoms with Crippen molar-refractivity contribution in [3.8, 4) is 0 Å². The van der Waals surface area contributed by atoms with Gasteiger partial charge in [-0.05, 0) is 10.0 Å². The van der Waals surface area contributed by atoms with E-state index in [1.54, 1.807) is 18.2 Å². The molecule has 0 unspecified atom stereocenters. The van der Waals surface area contributed by atoms with E-state index in [1.807, 2.05) is 0 Å². The molecule has 2 aromatic carbocycles. The van der Waals surface area contributed by atoms with Crippen molar-refractivity contribution < 1.29 is 49.6 Å². The fraction of sp³-hybridized carbons (Fsp3) is 0. The van der Waals surface area contributed by atoms with Crippen LogP contribution in [0.1, 0.15) is 0 Å². The van der Waals surface area contributed by atoms with Crippen molar-refractivity contribution in [2.24, 2.45) is 0 Å². The van der Waals surface area contributed by atoms with Crippen molar-refractivity contribution in [2.75, 3.05) is 0 Å². The van der Waals surface area contributed by atoms with Crippen LogP contribution in [0.15, 0.2) is 33.2 Å². The molecule has 0 heterocycles. The van der Waals surface area contributed by atoms with Crippen molar-refractivity contribution in [3.05, 3.63) is 67.0 Å². The molecule has 0 aliphatic carbocycles. The summed E-state index contributed by atoms with van der Waals surface area (Å²) in [5.74, 6) is -0.981. The van der Waals surface area contributed by atoms with Crippen LogP contribution in [0.2, 0.25) is 10.0 Å². The molecule has 0 nitrogen and oxygen atoms in total. The number of rotatable bonds is 0. The van der Waals surface area contributed by atoms with Gasteiger partial charge in [0.05, 0.1) is 0 Å². The molecular weight excluding hydrogens is 785 g/mol. The first-order valence-electron chi connectivity index (χ1n) is 4.46. The summed E-state index contributed by atoms with van der Waals surface area (Å²) in [6, 6.07) is 11.0. The molecule has 0 saturated carbocycles. The number of benzene rings is 2. The van der Waals surface area contributed by atoms with Crippen molar-refractivity contribution >= 4 is 55.1 Å². The van der Waals surface area contributed by atoms with Crippen LogP contribution in [-0.4, -0.2) is 0 Å². The van der Waals surface area contributed by atoms with Gasteiger partial charge in [0.25, 0.3) is 0 Å². The average molecular weight is 789 g/mol. The van der Waals surface area contributed by atoms with E-state index >= 15 is 0 Å². The third-order valence-electron chi connectivity index (χ3n) is 1.68. The smallest absolute Gasteiger partial charge is 0.0406 e. The quantitative estimate of drug-likeness (QED) is 0.225. The van der Waals surface area contributed by atoms with Crippen LogP contribution in [0.5, 0.6) is 0 Å². The first kappa shape index (κ1) is 23.4. The summed E-state index contributed by atoms with van der Waals surface area (Å²) in [6.07, 6.45) is 0. The summed E-state index contributed by atoms with van der Waals surface area (Å²) in [7, 11) is 0. The van der Waals surface area contributed by atoms with Crippen LogP contribution in [0, 0.1) is 23.8 Å². The van der Waals surface area contributed by atoms with Gasteiger partial charge in [0.15, 0.2) is 0 Å². The molecule has 20 heavy (non-hydrogen) atoms. The third kappa shape index (κ3) is 7.43. The maximum atomic E-state index is 12.5. The van der Waals surface area contributed by atoms with Gasteiger partial charge in [-0.2, -0.15) is 41.9 Å². The Balaban J connectivity index is 0. The molecule has 0 aromatic heterocycles. The maximum Gasteiger partial charge on any atom is 0.0406 e. The molecule has 0 aliphatic rings. The van der Waals surface area contributed by atoms with Gasteiger partial charge in [0, 0.05) is 52.5 Å². The van der Waals surface area contributed by atoms with Gasteiger partial charge in [-0.3, -0.25) is 4.39 Å². The summed E-state index contributed by atoms with van der Waals surface area (Å²) in [4.78, 5) is 0. The van der Waals surface area contributed by atoms with Crippen molar-refractivity contribution in [1.29, 1.82) is 0 Å². The second kappa shape index (κ2) is 11.7. The van der Waals surface area contributed by atoms with Gasteiger partial charge in [0.1, 0.15) is 0 Å². The summed E-state index contributed by atoms with van der Waals surface area (Å²) in [6.45, 7) is 0. The van der Waals surface area contributed by atoms with Crippen LogP contribution in [0.25, 0.3) is 0 Å². The van der Waals surface area contributed by atoms with Gasteiger partial charge in [-0.25, -0.2) is 4.39 Å². The molecule has 2 rings (SSSR count). The Hall–Kier alpha value is 1.16. The molecule has 0 bridgehead atoms. The molecule has 0 aliphatic heterocycles. The summed E-state index contributed by atoms with van der Waals surface area (Å²) >= 11 is 16.8. The van der Waals surface area contributed by atoms with Crippen LogP contribution in [0.3, 0.4) is 0 Å². The van der Waals surface area contributed by atoms with Crippen LogP contribution >= 0.6 is 55.1 Å². The van der Waals surface area contributed by atoms with E-state index in [-0.39, 0.29) is 50.9 Å². The molecule has 0 spiro atoms. The minimum absolute atomic E-state index is 0. The molecule has 110 valence electrons. The second-order valence-corrected chi connectivity index (χ2v) is 5.37. The van der Waals surface area contributed by atoms with Gasteiger partial charge < -0.3 is 0 Å². The predicted molar refractivity (Wildman–Crippen MR) is 75.9 cm³/mol. The molecule has 2 radical (unpaired) electrons. The number of halogens is 6. The summed E-state index contributed by atoms with van der Waals surface area (Å²) in [5, 5.41) is 0.0990. The van der Waals surface area contributed by atoms with Crippen molar-refractivity contribution in [1.82, 2.24) is 0 Å². The molecular formula is C12H4Br2Cl2F2Re2-2. The third-order valence-corrected chi connectivity index (χ3v) is 3.83. The topological polar surface area (TPSA) is 0 Å². The van der Waals surface area contributed by atoms with E-state index in [9.17, 15) is 8.78 Å². The van der Waals surface area contributed by atoms with Crippen LogP contribution in [-0.2, 0) is 40.8 Å². The van der Waals surface area contributed by atoms with Crippen LogP contribution in [0.4, 0.5) is 8.78 Å². The fourth-order valence-electron chi connectivity index (χ4n) is 0.859. The standard InChI is InChI=1S/2C6H2BrClF.2Re/c7-4-2-1-3-5(9)6(4)8;7-4-2-1-3-5(8)6(4)9;;/h2*1-2H;;/q2*-1;;. The maximum absolute atomic E-state index is 12.5. The number of hydrogen-bond acceptors (Lipinski definition) is 0. The van der Waals surface area contributed by atoms with E-state index in [1.165, 1.54) is 6.07 Å². The SMILES string of the molecule is Fc1[c-]ccc(Br)c1Cl.Fc1c(Cl)[c-]ccc1Br.[Re].[Re]. The minimum Gasteiger partial charge on any atom is -0.282 e. The monoisotopic (exact) mass is 788 g/mol. The first-order valence-corrected chi connectivity index (χ1v) is 6.80. The molecule has 0 fully saturated rings. The van der Waals surface area contributed by atoms with Crippen LogP contribution < -0.4 is 0 Å². The van der Waals surface area contributed by atoms with Gasteiger partial charge >= 0.3 is 0 Å². The van der Waals surface area contributed by atoms with E-state index < -0.39 is 11.6 Å². The molecule has 2 aromatic rings.